The average Bonchev–Trinajstić information content (AvgIpc) is 2.25. The number of ether oxygens (including phenoxy) is 3. The lowest BCUT2D eigenvalue weighted by atomic mass is 9.66. The molecule has 0 spiro atoms. The number of ketones is 1. The molecular weight excluding hydrogens is 232 g/mol. The van der Waals surface area contributed by atoms with E-state index in [2.05, 4.69) is 0 Å². The molecule has 18 heavy (non-hydrogen) atoms. The van der Waals surface area contributed by atoms with Gasteiger partial charge in [-0.2, -0.15) is 0 Å². The van der Waals surface area contributed by atoms with Gasteiger partial charge in [0.1, 0.15) is 5.78 Å². The van der Waals surface area contributed by atoms with Crippen LogP contribution in [0.15, 0.2) is 0 Å². The molecule has 5 fully saturated rings. The third-order valence-electron chi connectivity index (χ3n) is 5.05. The monoisotopic (exact) mass is 252 g/mol. The van der Waals surface area contributed by atoms with Gasteiger partial charge in [0.15, 0.2) is 0 Å². The maximum Gasteiger partial charge on any atom is 0.280 e. The van der Waals surface area contributed by atoms with Crippen molar-refractivity contribution in [3.05, 3.63) is 0 Å². The molecule has 2 aliphatic carbocycles. The van der Waals surface area contributed by atoms with Crippen LogP contribution in [-0.2, 0) is 19.0 Å². The molecule has 2 saturated carbocycles. The lowest BCUT2D eigenvalue weighted by Gasteiger charge is -2.62. The predicted octanol–water partition coefficient (Wildman–Crippen LogP) is 2.16. The predicted molar refractivity (Wildman–Crippen MR) is 62.8 cm³/mol. The second-order valence-electron chi connectivity index (χ2n) is 6.48. The molecule has 3 heterocycles. The number of hydrogen-bond acceptors (Lipinski definition) is 4. The molecule has 3 saturated heterocycles. The van der Waals surface area contributed by atoms with Gasteiger partial charge >= 0.3 is 0 Å². The van der Waals surface area contributed by atoms with Gasteiger partial charge in [0.05, 0.1) is 17.8 Å². The molecule has 5 aliphatic rings. The van der Waals surface area contributed by atoms with Gasteiger partial charge in [-0.3, -0.25) is 4.79 Å². The van der Waals surface area contributed by atoms with E-state index in [0.717, 1.165) is 38.5 Å². The lowest BCUT2D eigenvalue weighted by Crippen LogP contribution is -2.68. The van der Waals surface area contributed by atoms with E-state index in [1.807, 2.05) is 6.92 Å². The Morgan fingerprint density at radius 2 is 1.94 bits per heavy atom. The van der Waals surface area contributed by atoms with Gasteiger partial charge in [-0.25, -0.2) is 0 Å². The number of hydrogen-bond donors (Lipinski definition) is 0. The minimum atomic E-state index is -0.857. The molecule has 4 heteroatoms. The van der Waals surface area contributed by atoms with Crippen LogP contribution < -0.4 is 0 Å². The maximum absolute atomic E-state index is 11.7. The summed E-state index contributed by atoms with van der Waals surface area (Å²) in [5.41, 5.74) is -0.158. The van der Waals surface area contributed by atoms with E-state index >= 15 is 0 Å². The second kappa shape index (κ2) is 3.56. The van der Waals surface area contributed by atoms with E-state index in [1.54, 1.807) is 0 Å². The molecule has 3 aliphatic heterocycles. The third-order valence-corrected chi connectivity index (χ3v) is 5.05. The highest BCUT2D eigenvalue weighted by atomic mass is 16.9. The van der Waals surface area contributed by atoms with Gasteiger partial charge in [-0.05, 0) is 18.8 Å². The van der Waals surface area contributed by atoms with Gasteiger partial charge in [0.25, 0.3) is 5.97 Å². The van der Waals surface area contributed by atoms with Crippen LogP contribution in [0.5, 0.6) is 0 Å². The van der Waals surface area contributed by atoms with Crippen LogP contribution in [0.1, 0.15) is 51.9 Å². The Balaban J connectivity index is 1.64. The van der Waals surface area contributed by atoms with Crippen molar-refractivity contribution in [1.82, 2.24) is 0 Å². The summed E-state index contributed by atoms with van der Waals surface area (Å²) < 4.78 is 17.8. The zero-order chi connectivity index (χ0) is 12.4. The topological polar surface area (TPSA) is 44.8 Å². The number of rotatable bonds is 1. The Hall–Kier alpha value is -0.450. The van der Waals surface area contributed by atoms with E-state index in [9.17, 15) is 4.79 Å². The SMILES string of the molecule is CC12O[C@@H]3C[C@@H](CC(C4CCCC(=O)C4)(C3)O1)O2. The molecule has 4 nitrogen and oxygen atoms in total. The summed E-state index contributed by atoms with van der Waals surface area (Å²) in [7, 11) is 0. The summed E-state index contributed by atoms with van der Waals surface area (Å²) in [6.45, 7) is 1.88. The summed E-state index contributed by atoms with van der Waals surface area (Å²) in [4.78, 5) is 11.7. The normalized spacial score (nSPS) is 54.9. The zero-order valence-electron chi connectivity index (χ0n) is 10.8. The molecule has 100 valence electrons. The molecule has 0 aromatic rings. The summed E-state index contributed by atoms with van der Waals surface area (Å²) in [5.74, 6) is -0.0846. The minimum Gasteiger partial charge on any atom is -0.324 e. The molecule has 0 radical (unpaired) electrons. The van der Waals surface area contributed by atoms with Crippen LogP contribution >= 0.6 is 0 Å². The molecule has 5 atom stereocenters. The number of Topliss-reactive ketones (excluding diaryl/α,β-unsaturated/α-hetero) is 1. The van der Waals surface area contributed by atoms with Crippen LogP contribution in [0, 0.1) is 5.92 Å². The van der Waals surface area contributed by atoms with Crippen LogP contribution in [-0.4, -0.2) is 29.6 Å². The van der Waals surface area contributed by atoms with Crippen LogP contribution in [0.25, 0.3) is 0 Å². The first-order chi connectivity index (χ1) is 8.57. The Morgan fingerprint density at radius 3 is 2.56 bits per heavy atom. The van der Waals surface area contributed by atoms with Crippen molar-refractivity contribution < 1.29 is 19.0 Å². The van der Waals surface area contributed by atoms with Crippen LogP contribution in [0.4, 0.5) is 0 Å². The molecule has 0 aromatic heterocycles. The Morgan fingerprint density at radius 1 is 1.22 bits per heavy atom. The van der Waals surface area contributed by atoms with E-state index in [0.29, 0.717) is 18.1 Å². The average molecular weight is 252 g/mol. The van der Waals surface area contributed by atoms with Crippen molar-refractivity contribution in [2.24, 2.45) is 5.92 Å². The highest BCUT2D eigenvalue weighted by Crippen LogP contribution is 2.55. The van der Waals surface area contributed by atoms with Gasteiger partial charge in [0, 0.05) is 39.0 Å². The fourth-order valence-corrected chi connectivity index (χ4v) is 4.52. The van der Waals surface area contributed by atoms with Crippen LogP contribution in [0.3, 0.4) is 0 Å². The number of carbonyl (C=O) groups is 1. The third kappa shape index (κ3) is 1.59. The minimum absolute atomic E-state index is 0.158. The van der Waals surface area contributed by atoms with Gasteiger partial charge in [0.2, 0.25) is 0 Å². The van der Waals surface area contributed by atoms with E-state index in [4.69, 9.17) is 14.2 Å². The number of carbonyl (C=O) groups excluding carboxylic acids is 1. The smallest absolute Gasteiger partial charge is 0.280 e. The Labute approximate surface area is 107 Å². The standard InChI is InChI=1S/C14H20O4/c1-13-16-11-6-12(17-13)8-14(7-11,18-13)9-3-2-4-10(15)5-9/h9,11-12H,2-8H2,1H3/t9?,11-,12+,13?,14?. The van der Waals surface area contributed by atoms with Gasteiger partial charge in [-0.1, -0.05) is 0 Å². The van der Waals surface area contributed by atoms with Crippen molar-refractivity contribution >= 4 is 5.78 Å². The molecular formula is C14H20O4. The van der Waals surface area contributed by atoms with Crippen molar-refractivity contribution in [2.75, 3.05) is 0 Å². The fourth-order valence-electron chi connectivity index (χ4n) is 4.52. The molecule has 0 aromatic carbocycles. The first-order valence-corrected chi connectivity index (χ1v) is 7.14. The van der Waals surface area contributed by atoms with E-state index in [-0.39, 0.29) is 17.8 Å². The van der Waals surface area contributed by atoms with Crippen molar-refractivity contribution in [1.29, 1.82) is 0 Å². The highest BCUT2D eigenvalue weighted by molar-refractivity contribution is 5.79. The molecule has 0 N–H and O–H groups in total. The maximum atomic E-state index is 11.7. The van der Waals surface area contributed by atoms with Gasteiger partial charge in [-0.15, -0.1) is 0 Å². The Kier molecular flexibility index (Phi) is 2.25. The van der Waals surface area contributed by atoms with Crippen molar-refractivity contribution in [3.8, 4) is 0 Å². The molecule has 0 amide bonds. The van der Waals surface area contributed by atoms with E-state index in [1.165, 1.54) is 0 Å². The van der Waals surface area contributed by atoms with Crippen molar-refractivity contribution in [2.45, 2.75) is 75.7 Å². The second-order valence-corrected chi connectivity index (χ2v) is 6.48. The van der Waals surface area contributed by atoms with Crippen molar-refractivity contribution in [3.63, 3.8) is 0 Å². The summed E-state index contributed by atoms with van der Waals surface area (Å²) in [6, 6.07) is 0. The molecule has 3 unspecified atom stereocenters. The molecule has 5 rings (SSSR count). The highest BCUT2D eigenvalue weighted by Gasteiger charge is 2.62. The quantitative estimate of drug-likeness (QED) is 0.717. The first kappa shape index (κ1) is 11.4. The largest absolute Gasteiger partial charge is 0.324 e. The van der Waals surface area contributed by atoms with Gasteiger partial charge < -0.3 is 14.2 Å². The lowest BCUT2D eigenvalue weighted by molar-refractivity contribution is -0.514. The van der Waals surface area contributed by atoms with Crippen LogP contribution in [0.2, 0.25) is 0 Å². The zero-order valence-corrected chi connectivity index (χ0v) is 10.8. The molecule has 4 bridgehead atoms. The summed E-state index contributed by atoms with van der Waals surface area (Å²) >= 11 is 0. The first-order valence-electron chi connectivity index (χ1n) is 7.14. The van der Waals surface area contributed by atoms with E-state index < -0.39 is 5.97 Å². The fraction of sp³-hybridized carbons (Fsp3) is 0.929. The Bertz CT molecular complexity index is 377. The summed E-state index contributed by atoms with van der Waals surface area (Å²) in [6.07, 6.45) is 6.96. The summed E-state index contributed by atoms with van der Waals surface area (Å²) in [5, 5.41) is 0.